The van der Waals surface area contributed by atoms with Crippen LogP contribution in [0.2, 0.25) is 0 Å². The Labute approximate surface area is 157 Å². The van der Waals surface area contributed by atoms with Gasteiger partial charge in [-0.2, -0.15) is 0 Å². The number of aryl methyl sites for hydroxylation is 1. The highest BCUT2D eigenvalue weighted by atomic mass is 32.2. The van der Waals surface area contributed by atoms with Gasteiger partial charge in [-0.25, -0.2) is 0 Å². The van der Waals surface area contributed by atoms with Crippen molar-refractivity contribution in [1.82, 2.24) is 4.90 Å². The van der Waals surface area contributed by atoms with Crippen LogP contribution in [-0.4, -0.2) is 52.4 Å². The van der Waals surface area contributed by atoms with Gasteiger partial charge in [-0.3, -0.25) is 14.4 Å². The van der Waals surface area contributed by atoms with Crippen molar-refractivity contribution in [2.75, 3.05) is 29.9 Å². The molecule has 2 atom stereocenters. The van der Waals surface area contributed by atoms with E-state index in [0.717, 1.165) is 24.1 Å². The molecule has 2 amide bonds. The van der Waals surface area contributed by atoms with E-state index in [1.807, 2.05) is 31.2 Å². The van der Waals surface area contributed by atoms with Gasteiger partial charge in [-0.05, 0) is 43.7 Å². The number of carboxylic acids is 1. The smallest absolute Gasteiger partial charge is 0.308 e. The second-order valence-corrected chi connectivity index (χ2v) is 8.14. The van der Waals surface area contributed by atoms with Crippen molar-refractivity contribution in [3.05, 3.63) is 29.8 Å². The summed E-state index contributed by atoms with van der Waals surface area (Å²) < 4.78 is 0. The van der Waals surface area contributed by atoms with Crippen LogP contribution < -0.4 is 5.32 Å². The van der Waals surface area contributed by atoms with Crippen molar-refractivity contribution in [3.63, 3.8) is 0 Å². The lowest BCUT2D eigenvalue weighted by Gasteiger charge is -2.16. The van der Waals surface area contributed by atoms with Crippen LogP contribution in [0.4, 0.5) is 5.69 Å². The summed E-state index contributed by atoms with van der Waals surface area (Å²) in [6, 6.07) is 7.54. The van der Waals surface area contributed by atoms with E-state index < -0.39 is 11.9 Å². The molecule has 2 fully saturated rings. The molecular weight excluding hydrogens is 352 g/mol. The second-order valence-electron chi connectivity index (χ2n) is 7.15. The minimum atomic E-state index is -0.803. The fraction of sp³-hybridized carbons (Fsp3) is 0.526. The topological polar surface area (TPSA) is 86.7 Å². The van der Waals surface area contributed by atoms with Crippen molar-refractivity contribution in [2.24, 2.45) is 17.8 Å². The largest absolute Gasteiger partial charge is 0.481 e. The van der Waals surface area contributed by atoms with Gasteiger partial charge in [0, 0.05) is 18.8 Å². The number of rotatable bonds is 7. The highest BCUT2D eigenvalue weighted by molar-refractivity contribution is 8.00. The summed E-state index contributed by atoms with van der Waals surface area (Å²) in [4.78, 5) is 37.4. The van der Waals surface area contributed by atoms with Crippen LogP contribution in [0.15, 0.2) is 24.3 Å². The van der Waals surface area contributed by atoms with Crippen LogP contribution in [0.5, 0.6) is 0 Å². The van der Waals surface area contributed by atoms with Crippen LogP contribution in [0.1, 0.15) is 18.4 Å². The zero-order valence-corrected chi connectivity index (χ0v) is 15.6. The predicted molar refractivity (Wildman–Crippen MR) is 101 cm³/mol. The Morgan fingerprint density at radius 3 is 2.46 bits per heavy atom. The van der Waals surface area contributed by atoms with E-state index in [2.05, 4.69) is 5.32 Å². The molecule has 0 radical (unpaired) electrons. The summed E-state index contributed by atoms with van der Waals surface area (Å²) >= 11 is 1.26. The summed E-state index contributed by atoms with van der Waals surface area (Å²) in [5.74, 6) is -0.524. The molecule has 6 nitrogen and oxygen atoms in total. The van der Waals surface area contributed by atoms with E-state index >= 15 is 0 Å². The number of amides is 2. The lowest BCUT2D eigenvalue weighted by Crippen LogP contribution is -2.31. The first-order valence-corrected chi connectivity index (χ1v) is 10.0. The number of anilines is 1. The average molecular weight is 376 g/mol. The van der Waals surface area contributed by atoms with Gasteiger partial charge < -0.3 is 15.3 Å². The van der Waals surface area contributed by atoms with Gasteiger partial charge in [0.15, 0.2) is 0 Å². The number of carbonyl (C=O) groups excluding carboxylic acids is 2. The zero-order valence-electron chi connectivity index (χ0n) is 14.8. The Morgan fingerprint density at radius 1 is 1.15 bits per heavy atom. The Morgan fingerprint density at radius 2 is 1.85 bits per heavy atom. The fourth-order valence-corrected chi connectivity index (χ4v) is 4.17. The molecule has 1 saturated heterocycles. The first-order chi connectivity index (χ1) is 12.4. The first kappa shape index (κ1) is 18.8. The minimum Gasteiger partial charge on any atom is -0.481 e. The molecule has 0 aromatic heterocycles. The van der Waals surface area contributed by atoms with Crippen LogP contribution >= 0.6 is 11.8 Å². The third-order valence-electron chi connectivity index (χ3n) is 5.06. The molecule has 3 rings (SSSR count). The maximum Gasteiger partial charge on any atom is 0.308 e. The molecule has 2 N–H and O–H groups in total. The maximum absolute atomic E-state index is 12.4. The number of carboxylic acid groups (broad SMARTS) is 1. The lowest BCUT2D eigenvalue weighted by molar-refractivity contribution is -0.142. The minimum absolute atomic E-state index is 0.0764. The molecule has 0 bridgehead atoms. The lowest BCUT2D eigenvalue weighted by atomic mass is 9.92. The molecule has 2 aliphatic rings. The normalized spacial score (nSPS) is 22.3. The Hall–Kier alpha value is -2.02. The molecular formula is C19H24N2O4S. The quantitative estimate of drug-likeness (QED) is 0.762. The summed E-state index contributed by atoms with van der Waals surface area (Å²) in [5.41, 5.74) is 1.86. The summed E-state index contributed by atoms with van der Waals surface area (Å²) in [5, 5.41) is 12.2. The Bertz CT molecular complexity index is 687. The number of thioether (sulfide) groups is 1. The van der Waals surface area contributed by atoms with Crippen molar-refractivity contribution in [1.29, 1.82) is 0 Å². The summed E-state index contributed by atoms with van der Waals surface area (Å²) in [6.45, 7) is 2.82. The molecule has 1 aromatic carbocycles. The van der Waals surface area contributed by atoms with E-state index in [9.17, 15) is 19.5 Å². The number of likely N-dealkylation sites (tertiary alicyclic amines) is 1. The van der Waals surface area contributed by atoms with E-state index in [0.29, 0.717) is 19.0 Å². The van der Waals surface area contributed by atoms with E-state index in [1.165, 1.54) is 11.8 Å². The van der Waals surface area contributed by atoms with E-state index in [1.54, 1.807) is 4.90 Å². The molecule has 1 aromatic rings. The number of hydrogen-bond acceptors (Lipinski definition) is 4. The highest BCUT2D eigenvalue weighted by Gasteiger charge is 2.46. The van der Waals surface area contributed by atoms with Crippen molar-refractivity contribution in [3.8, 4) is 0 Å². The van der Waals surface area contributed by atoms with Crippen LogP contribution in [0.3, 0.4) is 0 Å². The van der Waals surface area contributed by atoms with Gasteiger partial charge >= 0.3 is 5.97 Å². The SMILES string of the molecule is Cc1ccc(NC(=O)CSCC(=O)N2C[C@H](C(=O)O)[C@@H](C3CC3)C2)cc1. The molecule has 140 valence electrons. The molecule has 0 unspecified atom stereocenters. The molecule has 0 spiro atoms. The van der Waals surface area contributed by atoms with Crippen LogP contribution in [0, 0.1) is 24.7 Å². The molecule has 1 aliphatic carbocycles. The van der Waals surface area contributed by atoms with Crippen molar-refractivity contribution >= 4 is 35.2 Å². The van der Waals surface area contributed by atoms with Crippen molar-refractivity contribution < 1.29 is 19.5 Å². The standard InChI is InChI=1S/C19H24N2O4S/c1-12-2-6-14(7-3-12)20-17(22)10-26-11-18(23)21-8-15(13-4-5-13)16(9-21)19(24)25/h2-3,6-7,13,15-16H,4-5,8-11H2,1H3,(H,20,22)(H,24,25)/t15-,16+/m1/s1. The maximum atomic E-state index is 12.4. The second kappa shape index (κ2) is 8.12. The summed E-state index contributed by atoms with van der Waals surface area (Å²) in [7, 11) is 0. The third kappa shape index (κ3) is 4.78. The third-order valence-corrected chi connectivity index (χ3v) is 5.97. The number of carbonyl (C=O) groups is 3. The number of nitrogens with one attached hydrogen (secondary N) is 1. The van der Waals surface area contributed by atoms with Crippen molar-refractivity contribution in [2.45, 2.75) is 19.8 Å². The zero-order chi connectivity index (χ0) is 18.7. The number of hydrogen-bond donors (Lipinski definition) is 2. The van der Waals surface area contributed by atoms with Gasteiger partial charge in [0.2, 0.25) is 11.8 Å². The van der Waals surface area contributed by atoms with Gasteiger partial charge in [-0.15, -0.1) is 11.8 Å². The Kier molecular flexibility index (Phi) is 5.86. The van der Waals surface area contributed by atoms with Crippen LogP contribution in [-0.2, 0) is 14.4 Å². The fourth-order valence-electron chi connectivity index (χ4n) is 3.45. The predicted octanol–water partition coefficient (Wildman–Crippen LogP) is 2.24. The number of benzene rings is 1. The Balaban J connectivity index is 1.41. The van der Waals surface area contributed by atoms with Gasteiger partial charge in [-0.1, -0.05) is 17.7 Å². The van der Waals surface area contributed by atoms with Gasteiger partial charge in [0.05, 0.1) is 17.4 Å². The molecule has 1 heterocycles. The van der Waals surface area contributed by atoms with E-state index in [4.69, 9.17) is 0 Å². The van der Waals surface area contributed by atoms with Crippen LogP contribution in [0.25, 0.3) is 0 Å². The first-order valence-electron chi connectivity index (χ1n) is 8.89. The summed E-state index contributed by atoms with van der Waals surface area (Å²) in [6.07, 6.45) is 2.15. The highest BCUT2D eigenvalue weighted by Crippen LogP contribution is 2.44. The molecule has 26 heavy (non-hydrogen) atoms. The monoisotopic (exact) mass is 376 g/mol. The number of nitrogens with zero attached hydrogens (tertiary/aromatic N) is 1. The molecule has 1 aliphatic heterocycles. The number of aliphatic carboxylic acids is 1. The molecule has 7 heteroatoms. The van der Waals surface area contributed by atoms with Gasteiger partial charge in [0.1, 0.15) is 0 Å². The van der Waals surface area contributed by atoms with E-state index in [-0.39, 0.29) is 29.2 Å². The van der Waals surface area contributed by atoms with Gasteiger partial charge in [0.25, 0.3) is 0 Å². The average Bonchev–Trinajstić information content (AvgIpc) is 3.34. The molecule has 1 saturated carbocycles.